The molecule has 0 bridgehead atoms. The van der Waals surface area contributed by atoms with Gasteiger partial charge in [0.25, 0.3) is 0 Å². The van der Waals surface area contributed by atoms with Gasteiger partial charge in [0.1, 0.15) is 5.75 Å². The van der Waals surface area contributed by atoms with Gasteiger partial charge in [-0.2, -0.15) is 0 Å². The van der Waals surface area contributed by atoms with Crippen LogP contribution in [0.15, 0.2) is 18.2 Å². The van der Waals surface area contributed by atoms with Crippen LogP contribution >= 0.6 is 0 Å². The summed E-state index contributed by atoms with van der Waals surface area (Å²) < 4.78 is 11.0. The Labute approximate surface area is 135 Å². The Balaban J connectivity index is 2.38. The van der Waals surface area contributed by atoms with E-state index in [2.05, 4.69) is 51.5 Å². The van der Waals surface area contributed by atoms with E-state index < -0.39 is 0 Å². The maximum Gasteiger partial charge on any atom is 0.143 e. The van der Waals surface area contributed by atoms with E-state index in [1.807, 2.05) is 12.1 Å². The Kier molecular flexibility index (Phi) is 7.69. The van der Waals surface area contributed by atoms with E-state index >= 15 is 0 Å². The zero-order valence-electron chi connectivity index (χ0n) is 15.0. The molecule has 1 rings (SSSR count). The lowest BCUT2D eigenvalue weighted by Gasteiger charge is -2.27. The summed E-state index contributed by atoms with van der Waals surface area (Å²) in [7, 11) is 1.69. The Hall–Kier alpha value is -1.26. The largest absolute Gasteiger partial charge is 0.495 e. The number of anilines is 1. The molecule has 1 aromatic carbocycles. The van der Waals surface area contributed by atoms with Crippen LogP contribution in [0.4, 0.5) is 5.69 Å². The molecule has 0 aromatic heterocycles. The number of benzene rings is 1. The number of aryl methyl sites for hydroxylation is 1. The van der Waals surface area contributed by atoms with E-state index in [0.717, 1.165) is 37.5 Å². The van der Waals surface area contributed by atoms with Crippen LogP contribution in [0.3, 0.4) is 0 Å². The first-order valence-corrected chi connectivity index (χ1v) is 8.09. The molecule has 4 nitrogen and oxygen atoms in total. The van der Waals surface area contributed by atoms with Crippen molar-refractivity contribution >= 4 is 5.69 Å². The zero-order chi connectivity index (χ0) is 16.6. The molecule has 0 aliphatic carbocycles. The van der Waals surface area contributed by atoms with Gasteiger partial charge in [0, 0.05) is 18.8 Å². The maximum absolute atomic E-state index is 5.63. The van der Waals surface area contributed by atoms with Crippen molar-refractivity contribution in [1.29, 1.82) is 0 Å². The van der Waals surface area contributed by atoms with Gasteiger partial charge in [0.15, 0.2) is 0 Å². The minimum Gasteiger partial charge on any atom is -0.495 e. The standard InChI is InChI=1S/C18H32N2O2/c1-14(2)13-22-11-7-10-18(4,5)20-19-16-9-8-15(3)12-17(16)21-6/h8-9,12,14,19-20H,7,10-11,13H2,1-6H3. The molecule has 0 heterocycles. The van der Waals surface area contributed by atoms with Crippen molar-refractivity contribution in [2.24, 2.45) is 5.92 Å². The summed E-state index contributed by atoms with van der Waals surface area (Å²) in [6.45, 7) is 12.4. The van der Waals surface area contributed by atoms with Crippen molar-refractivity contribution < 1.29 is 9.47 Å². The van der Waals surface area contributed by atoms with Gasteiger partial charge in [0.05, 0.1) is 12.8 Å². The highest BCUT2D eigenvalue weighted by Gasteiger charge is 2.17. The van der Waals surface area contributed by atoms with Crippen LogP contribution in [0.25, 0.3) is 0 Å². The lowest BCUT2D eigenvalue weighted by Crippen LogP contribution is -2.43. The third-order valence-electron chi connectivity index (χ3n) is 3.43. The lowest BCUT2D eigenvalue weighted by atomic mass is 10.00. The maximum atomic E-state index is 5.63. The summed E-state index contributed by atoms with van der Waals surface area (Å²) in [6, 6.07) is 6.12. The summed E-state index contributed by atoms with van der Waals surface area (Å²) in [5.41, 5.74) is 8.78. The molecule has 4 heteroatoms. The molecule has 0 unspecified atom stereocenters. The first kappa shape index (κ1) is 18.8. The molecule has 1 aromatic rings. The van der Waals surface area contributed by atoms with E-state index in [1.54, 1.807) is 7.11 Å². The number of nitrogens with one attached hydrogen (secondary N) is 2. The predicted octanol–water partition coefficient (Wildman–Crippen LogP) is 4.15. The Bertz CT molecular complexity index is 445. The van der Waals surface area contributed by atoms with Crippen LogP contribution in [0.2, 0.25) is 0 Å². The third kappa shape index (κ3) is 7.14. The second kappa shape index (κ2) is 9.01. The van der Waals surface area contributed by atoms with Crippen molar-refractivity contribution in [2.45, 2.75) is 53.0 Å². The lowest BCUT2D eigenvalue weighted by molar-refractivity contribution is 0.102. The van der Waals surface area contributed by atoms with Gasteiger partial charge >= 0.3 is 0 Å². The molecule has 0 amide bonds. The van der Waals surface area contributed by atoms with E-state index in [4.69, 9.17) is 9.47 Å². The van der Waals surface area contributed by atoms with Crippen LogP contribution in [-0.2, 0) is 4.74 Å². The van der Waals surface area contributed by atoms with Gasteiger partial charge in [-0.05, 0) is 57.2 Å². The quantitative estimate of drug-likeness (QED) is 0.503. The topological polar surface area (TPSA) is 42.5 Å². The van der Waals surface area contributed by atoms with Gasteiger partial charge in [-0.25, -0.2) is 5.43 Å². The number of hydrazine groups is 1. The molecule has 0 spiro atoms. The zero-order valence-corrected chi connectivity index (χ0v) is 15.0. The first-order valence-electron chi connectivity index (χ1n) is 8.09. The Morgan fingerprint density at radius 1 is 1.23 bits per heavy atom. The minimum absolute atomic E-state index is 0.0168. The molecular formula is C18H32N2O2. The SMILES string of the molecule is COc1cc(C)ccc1NNC(C)(C)CCCOCC(C)C. The fourth-order valence-corrected chi connectivity index (χ4v) is 2.14. The minimum atomic E-state index is -0.0168. The van der Waals surface area contributed by atoms with Crippen molar-refractivity contribution in [3.05, 3.63) is 23.8 Å². The third-order valence-corrected chi connectivity index (χ3v) is 3.43. The second-order valence-corrected chi connectivity index (χ2v) is 6.91. The molecule has 0 aliphatic rings. The molecule has 0 fully saturated rings. The van der Waals surface area contributed by atoms with Crippen LogP contribution in [0.1, 0.15) is 46.1 Å². The molecular weight excluding hydrogens is 276 g/mol. The van der Waals surface area contributed by atoms with E-state index in [-0.39, 0.29) is 5.54 Å². The van der Waals surface area contributed by atoms with Crippen molar-refractivity contribution in [1.82, 2.24) is 5.43 Å². The van der Waals surface area contributed by atoms with E-state index in [9.17, 15) is 0 Å². The highest BCUT2D eigenvalue weighted by atomic mass is 16.5. The number of methoxy groups -OCH3 is 1. The van der Waals surface area contributed by atoms with Crippen molar-refractivity contribution in [3.63, 3.8) is 0 Å². The van der Waals surface area contributed by atoms with E-state index in [0.29, 0.717) is 5.92 Å². The summed E-state index contributed by atoms with van der Waals surface area (Å²) in [5, 5.41) is 0. The fourth-order valence-electron chi connectivity index (χ4n) is 2.14. The van der Waals surface area contributed by atoms with Crippen LogP contribution in [0.5, 0.6) is 5.75 Å². The molecule has 22 heavy (non-hydrogen) atoms. The van der Waals surface area contributed by atoms with Crippen LogP contribution < -0.4 is 15.6 Å². The molecule has 126 valence electrons. The second-order valence-electron chi connectivity index (χ2n) is 6.91. The van der Waals surface area contributed by atoms with Gasteiger partial charge in [-0.15, -0.1) is 0 Å². The average molecular weight is 308 g/mol. The summed E-state index contributed by atoms with van der Waals surface area (Å²) in [4.78, 5) is 0. The van der Waals surface area contributed by atoms with Gasteiger partial charge in [-0.3, -0.25) is 0 Å². The van der Waals surface area contributed by atoms with Crippen molar-refractivity contribution in [3.8, 4) is 5.75 Å². The number of rotatable bonds is 10. The molecule has 0 saturated carbocycles. The van der Waals surface area contributed by atoms with Crippen LogP contribution in [0, 0.1) is 12.8 Å². The van der Waals surface area contributed by atoms with Gasteiger partial charge in [0.2, 0.25) is 0 Å². The first-order chi connectivity index (χ1) is 10.3. The summed E-state index contributed by atoms with van der Waals surface area (Å²) in [6.07, 6.45) is 2.08. The highest BCUT2D eigenvalue weighted by molar-refractivity contribution is 5.57. The number of hydrogen-bond donors (Lipinski definition) is 2. The van der Waals surface area contributed by atoms with Gasteiger partial charge < -0.3 is 14.9 Å². The normalized spacial score (nSPS) is 11.8. The van der Waals surface area contributed by atoms with Gasteiger partial charge in [-0.1, -0.05) is 19.9 Å². The summed E-state index contributed by atoms with van der Waals surface area (Å²) in [5.74, 6) is 1.45. The molecule has 0 saturated heterocycles. The molecule has 0 atom stereocenters. The fraction of sp³-hybridized carbons (Fsp3) is 0.667. The summed E-state index contributed by atoms with van der Waals surface area (Å²) >= 11 is 0. The number of ether oxygens (including phenoxy) is 2. The molecule has 0 aliphatic heterocycles. The van der Waals surface area contributed by atoms with E-state index in [1.165, 1.54) is 5.56 Å². The van der Waals surface area contributed by atoms with Crippen LogP contribution in [-0.4, -0.2) is 25.9 Å². The number of hydrogen-bond acceptors (Lipinski definition) is 4. The average Bonchev–Trinajstić information content (AvgIpc) is 2.45. The van der Waals surface area contributed by atoms with Crippen molar-refractivity contribution in [2.75, 3.05) is 25.7 Å². The Morgan fingerprint density at radius 2 is 1.95 bits per heavy atom. The Morgan fingerprint density at radius 3 is 2.59 bits per heavy atom. The monoisotopic (exact) mass is 308 g/mol. The molecule has 0 radical (unpaired) electrons. The highest BCUT2D eigenvalue weighted by Crippen LogP contribution is 2.25. The predicted molar refractivity (Wildman–Crippen MR) is 93.5 cm³/mol. The smallest absolute Gasteiger partial charge is 0.143 e. The molecule has 2 N–H and O–H groups in total.